The summed E-state index contributed by atoms with van der Waals surface area (Å²) in [5.74, 6) is 0. The number of fused-ring (bicyclic) bond motifs is 4. The van der Waals surface area contributed by atoms with Gasteiger partial charge in [-0.25, -0.2) is 0 Å². The first-order valence-corrected chi connectivity index (χ1v) is 11.4. The van der Waals surface area contributed by atoms with Gasteiger partial charge in [0.05, 0.1) is 0 Å². The molecule has 0 saturated heterocycles. The van der Waals surface area contributed by atoms with Crippen LogP contribution in [0.15, 0.2) is 66.8 Å². The van der Waals surface area contributed by atoms with Crippen molar-refractivity contribution in [1.29, 1.82) is 0 Å². The normalized spacial score (nSPS) is 14.3. The van der Waals surface area contributed by atoms with E-state index in [1.807, 2.05) is 11.3 Å². The first-order valence-electron chi connectivity index (χ1n) is 8.90. The van der Waals surface area contributed by atoms with Gasteiger partial charge in [0.1, 0.15) is 0 Å². The van der Waals surface area contributed by atoms with Gasteiger partial charge in [0.25, 0.3) is 0 Å². The molecular formula is C24H16SSe. The summed E-state index contributed by atoms with van der Waals surface area (Å²) in [5, 5.41) is 8.22. The van der Waals surface area contributed by atoms with Crippen molar-refractivity contribution in [3.8, 4) is 0 Å². The molecular weight excluding hydrogens is 399 g/mol. The van der Waals surface area contributed by atoms with Gasteiger partial charge in [0.15, 0.2) is 0 Å². The third-order valence-electron chi connectivity index (χ3n) is 5.28. The Labute approximate surface area is 161 Å². The summed E-state index contributed by atoms with van der Waals surface area (Å²) < 4.78 is 4.47. The maximum absolute atomic E-state index is 2.43. The van der Waals surface area contributed by atoms with Crippen molar-refractivity contribution >= 4 is 72.7 Å². The van der Waals surface area contributed by atoms with Crippen LogP contribution in [0.5, 0.6) is 0 Å². The van der Waals surface area contributed by atoms with Crippen LogP contribution in [0.3, 0.4) is 0 Å². The van der Waals surface area contributed by atoms with Crippen molar-refractivity contribution < 1.29 is 0 Å². The molecule has 1 aliphatic carbocycles. The van der Waals surface area contributed by atoms with Gasteiger partial charge < -0.3 is 0 Å². The molecule has 0 nitrogen and oxygen atoms in total. The third-order valence-corrected chi connectivity index (χ3v) is 8.75. The van der Waals surface area contributed by atoms with Crippen LogP contribution in [-0.2, 0) is 0 Å². The van der Waals surface area contributed by atoms with E-state index in [-0.39, 0.29) is 0 Å². The van der Waals surface area contributed by atoms with E-state index in [2.05, 4.69) is 73.7 Å². The van der Waals surface area contributed by atoms with Gasteiger partial charge in [0, 0.05) is 0 Å². The molecule has 5 aromatic rings. The number of hydrogen-bond acceptors (Lipinski definition) is 1. The Morgan fingerprint density at radius 2 is 1.50 bits per heavy atom. The average Bonchev–Trinajstić information content (AvgIpc) is 3.33. The monoisotopic (exact) mass is 416 g/mol. The zero-order valence-electron chi connectivity index (χ0n) is 14.4. The van der Waals surface area contributed by atoms with Crippen LogP contribution in [0.4, 0.5) is 0 Å². The van der Waals surface area contributed by atoms with Gasteiger partial charge in [0.2, 0.25) is 0 Å². The summed E-state index contributed by atoms with van der Waals surface area (Å²) >= 11 is 2.33. The molecule has 2 heterocycles. The molecule has 0 radical (unpaired) electrons. The molecule has 0 spiro atoms. The number of thiophene rings is 1. The predicted octanol–water partition coefficient (Wildman–Crippen LogP) is 7.07. The molecule has 0 saturated carbocycles. The standard InChI is InChI=1S/C24H16SSe/c1-14-6-20-9-16-7-17-10-21-13-23(15-4-2-3-5-15)26-24(21)12-19(17)8-18(16)11-22(20)25-14/h2-4,6-13H,5H2,1H3. The average molecular weight is 415 g/mol. The third kappa shape index (κ3) is 2.27. The van der Waals surface area contributed by atoms with Gasteiger partial charge >= 0.3 is 162 Å². The van der Waals surface area contributed by atoms with E-state index < -0.39 is 0 Å². The van der Waals surface area contributed by atoms with E-state index in [9.17, 15) is 0 Å². The first-order chi connectivity index (χ1) is 12.7. The van der Waals surface area contributed by atoms with Crippen LogP contribution in [-0.4, -0.2) is 14.5 Å². The van der Waals surface area contributed by atoms with Crippen molar-refractivity contribution in [2.24, 2.45) is 0 Å². The van der Waals surface area contributed by atoms with E-state index in [0.29, 0.717) is 14.5 Å². The van der Waals surface area contributed by atoms with E-state index in [0.717, 1.165) is 6.42 Å². The molecule has 0 aliphatic heterocycles. The molecule has 2 heteroatoms. The van der Waals surface area contributed by atoms with Gasteiger partial charge in [-0.1, -0.05) is 0 Å². The fourth-order valence-corrected chi connectivity index (χ4v) is 7.32. The molecule has 0 bridgehead atoms. The van der Waals surface area contributed by atoms with E-state index in [1.54, 1.807) is 4.44 Å². The fourth-order valence-electron chi connectivity index (χ4n) is 4.00. The molecule has 0 N–H and O–H groups in total. The number of hydrogen-bond donors (Lipinski definition) is 0. The molecule has 26 heavy (non-hydrogen) atoms. The van der Waals surface area contributed by atoms with Crippen LogP contribution in [0.1, 0.15) is 15.7 Å². The van der Waals surface area contributed by atoms with Crippen LogP contribution < -0.4 is 0 Å². The Bertz CT molecular complexity index is 1320. The molecule has 2 aromatic heterocycles. The zero-order valence-corrected chi connectivity index (χ0v) is 16.9. The van der Waals surface area contributed by atoms with Crippen molar-refractivity contribution in [2.45, 2.75) is 13.3 Å². The SMILES string of the molecule is Cc1cc2cc3cc4cc5cc(C6=CC=CC6)[se]c5cc4cc3cc2s1. The summed E-state index contributed by atoms with van der Waals surface area (Å²) in [6, 6.07) is 19.0. The first kappa shape index (κ1) is 15.0. The van der Waals surface area contributed by atoms with Gasteiger partial charge in [-0.15, -0.1) is 0 Å². The van der Waals surface area contributed by atoms with Crippen LogP contribution in [0, 0.1) is 6.92 Å². The second kappa shape index (κ2) is 5.44. The topological polar surface area (TPSA) is 0 Å². The Kier molecular flexibility index (Phi) is 3.13. The van der Waals surface area contributed by atoms with Gasteiger partial charge in [-0.3, -0.25) is 0 Å². The zero-order chi connectivity index (χ0) is 17.3. The summed E-state index contributed by atoms with van der Waals surface area (Å²) in [6.45, 7) is 2.19. The number of allylic oxidation sites excluding steroid dienone is 4. The van der Waals surface area contributed by atoms with Crippen LogP contribution >= 0.6 is 11.3 Å². The molecule has 124 valence electrons. The van der Waals surface area contributed by atoms with Crippen molar-refractivity contribution in [2.75, 3.05) is 0 Å². The minimum atomic E-state index is 0.436. The Morgan fingerprint density at radius 3 is 2.31 bits per heavy atom. The molecule has 6 rings (SSSR count). The number of aryl methyl sites for hydroxylation is 1. The van der Waals surface area contributed by atoms with Crippen LogP contribution in [0.2, 0.25) is 0 Å². The van der Waals surface area contributed by atoms with Crippen molar-refractivity contribution in [3.05, 3.63) is 76.1 Å². The van der Waals surface area contributed by atoms with Crippen LogP contribution in [0.25, 0.3) is 46.9 Å². The van der Waals surface area contributed by atoms with E-state index >= 15 is 0 Å². The Balaban J connectivity index is 1.61. The number of benzene rings is 3. The van der Waals surface area contributed by atoms with E-state index in [1.165, 1.54) is 51.7 Å². The minimum absolute atomic E-state index is 0.436. The summed E-state index contributed by atoms with van der Waals surface area (Å²) in [6.07, 6.45) is 7.82. The molecule has 3 aromatic carbocycles. The fraction of sp³-hybridized carbons (Fsp3) is 0.0833. The second-order valence-electron chi connectivity index (χ2n) is 7.12. The molecule has 1 aliphatic rings. The summed E-state index contributed by atoms with van der Waals surface area (Å²) in [7, 11) is 0. The Morgan fingerprint density at radius 1 is 0.769 bits per heavy atom. The quantitative estimate of drug-likeness (QED) is 0.203. The van der Waals surface area contributed by atoms with Gasteiger partial charge in [-0.2, -0.15) is 0 Å². The van der Waals surface area contributed by atoms with Crippen molar-refractivity contribution in [3.63, 3.8) is 0 Å². The molecule has 0 atom stereocenters. The number of rotatable bonds is 1. The maximum atomic E-state index is 2.43. The second-order valence-corrected chi connectivity index (χ2v) is 10.7. The summed E-state index contributed by atoms with van der Waals surface area (Å²) in [4.78, 5) is 1.38. The Hall–Kier alpha value is -2.12. The predicted molar refractivity (Wildman–Crippen MR) is 118 cm³/mol. The van der Waals surface area contributed by atoms with Gasteiger partial charge in [-0.05, 0) is 0 Å². The summed E-state index contributed by atoms with van der Waals surface area (Å²) in [5.41, 5.74) is 1.51. The van der Waals surface area contributed by atoms with Crippen molar-refractivity contribution in [1.82, 2.24) is 0 Å². The molecule has 0 unspecified atom stereocenters. The molecule has 0 fully saturated rings. The van der Waals surface area contributed by atoms with E-state index in [4.69, 9.17) is 0 Å². The molecule has 0 amide bonds.